The second-order valence-corrected chi connectivity index (χ2v) is 5.25. The molecule has 0 fully saturated rings. The molecule has 1 heterocycles. The number of fused-ring (bicyclic) bond motifs is 1. The van der Waals surface area contributed by atoms with Crippen LogP contribution in [0.1, 0.15) is 38.3 Å². The van der Waals surface area contributed by atoms with Gasteiger partial charge in [-0.3, -0.25) is 4.68 Å². The van der Waals surface area contributed by atoms with E-state index >= 15 is 0 Å². The number of benzene rings is 1. The van der Waals surface area contributed by atoms with Crippen molar-refractivity contribution in [1.29, 1.82) is 0 Å². The Morgan fingerprint density at radius 3 is 2.79 bits per heavy atom. The summed E-state index contributed by atoms with van der Waals surface area (Å²) in [4.78, 5) is 0. The van der Waals surface area contributed by atoms with Crippen molar-refractivity contribution in [3.63, 3.8) is 0 Å². The third-order valence-corrected chi connectivity index (χ3v) is 3.85. The van der Waals surface area contributed by atoms with Gasteiger partial charge in [-0.15, -0.1) is 0 Å². The molecule has 0 radical (unpaired) electrons. The maximum atomic E-state index is 4.65. The van der Waals surface area contributed by atoms with Crippen LogP contribution in [0.25, 0.3) is 10.9 Å². The summed E-state index contributed by atoms with van der Waals surface area (Å²) in [6.45, 7) is 2.25. The van der Waals surface area contributed by atoms with Crippen molar-refractivity contribution in [2.75, 3.05) is 7.05 Å². The van der Waals surface area contributed by atoms with Crippen LogP contribution in [0.15, 0.2) is 24.3 Å². The van der Waals surface area contributed by atoms with Gasteiger partial charge >= 0.3 is 0 Å². The maximum absolute atomic E-state index is 4.65. The van der Waals surface area contributed by atoms with Gasteiger partial charge < -0.3 is 5.32 Å². The fraction of sp³-hybridized carbons (Fsp3) is 0.562. The van der Waals surface area contributed by atoms with Crippen LogP contribution in [0.5, 0.6) is 0 Å². The van der Waals surface area contributed by atoms with Gasteiger partial charge in [0.1, 0.15) is 0 Å². The van der Waals surface area contributed by atoms with Crippen LogP contribution in [-0.4, -0.2) is 22.9 Å². The Bertz CT molecular complexity index is 516. The Morgan fingerprint density at radius 1 is 1.26 bits per heavy atom. The molecule has 2 rings (SSSR count). The van der Waals surface area contributed by atoms with Crippen LogP contribution in [0.3, 0.4) is 0 Å². The predicted octanol–water partition coefficient (Wildman–Crippen LogP) is 3.28. The Balaban J connectivity index is 1.98. The molecular formula is C16H25N3. The summed E-state index contributed by atoms with van der Waals surface area (Å²) in [5, 5.41) is 9.37. The van der Waals surface area contributed by atoms with Crippen LogP contribution in [0.4, 0.5) is 0 Å². The van der Waals surface area contributed by atoms with Gasteiger partial charge in [0.15, 0.2) is 0 Å². The van der Waals surface area contributed by atoms with Gasteiger partial charge in [0, 0.05) is 18.5 Å². The molecule has 1 unspecified atom stereocenters. The van der Waals surface area contributed by atoms with E-state index in [-0.39, 0.29) is 0 Å². The van der Waals surface area contributed by atoms with Gasteiger partial charge in [0.25, 0.3) is 0 Å². The minimum atomic E-state index is 0.653. The smallest absolute Gasteiger partial charge is 0.0703 e. The van der Waals surface area contributed by atoms with Crippen LogP contribution in [-0.2, 0) is 13.5 Å². The van der Waals surface area contributed by atoms with E-state index in [2.05, 4.69) is 48.7 Å². The zero-order chi connectivity index (χ0) is 13.7. The van der Waals surface area contributed by atoms with Gasteiger partial charge in [-0.25, -0.2) is 0 Å². The van der Waals surface area contributed by atoms with Gasteiger partial charge in [0.2, 0.25) is 0 Å². The molecule has 19 heavy (non-hydrogen) atoms. The Kier molecular flexibility index (Phi) is 4.97. The van der Waals surface area contributed by atoms with Gasteiger partial charge in [-0.1, -0.05) is 31.5 Å². The fourth-order valence-electron chi connectivity index (χ4n) is 2.77. The topological polar surface area (TPSA) is 29.9 Å². The molecule has 0 saturated heterocycles. The molecular weight excluding hydrogens is 234 g/mol. The molecule has 2 aromatic rings. The summed E-state index contributed by atoms with van der Waals surface area (Å²) >= 11 is 0. The summed E-state index contributed by atoms with van der Waals surface area (Å²) < 4.78 is 1.99. The van der Waals surface area contributed by atoms with Gasteiger partial charge in [-0.05, 0) is 38.8 Å². The van der Waals surface area contributed by atoms with E-state index in [9.17, 15) is 0 Å². The van der Waals surface area contributed by atoms with E-state index in [1.165, 1.54) is 42.3 Å². The molecule has 0 bridgehead atoms. The lowest BCUT2D eigenvalue weighted by atomic mass is 10.0. The number of hydrogen-bond donors (Lipinski definition) is 1. The largest absolute Gasteiger partial charge is 0.317 e. The first-order valence-corrected chi connectivity index (χ1v) is 7.34. The standard InChI is InChI=1S/C16H25N3/c1-4-8-13(17-2)9-7-11-15-14-10-5-6-12-16(14)19(3)18-15/h5-6,10,12-13,17H,4,7-9,11H2,1-3H3. The Morgan fingerprint density at radius 2 is 2.05 bits per heavy atom. The fourth-order valence-corrected chi connectivity index (χ4v) is 2.77. The first kappa shape index (κ1) is 14.1. The van der Waals surface area contributed by atoms with E-state index in [1.807, 2.05) is 11.7 Å². The molecule has 1 aromatic heterocycles. The quantitative estimate of drug-likeness (QED) is 0.827. The summed E-state index contributed by atoms with van der Waals surface area (Å²) in [5.74, 6) is 0. The molecule has 1 atom stereocenters. The van der Waals surface area contributed by atoms with Crippen molar-refractivity contribution in [3.05, 3.63) is 30.0 Å². The lowest BCUT2D eigenvalue weighted by Crippen LogP contribution is -2.24. The summed E-state index contributed by atoms with van der Waals surface area (Å²) in [6, 6.07) is 9.14. The van der Waals surface area contributed by atoms with E-state index in [0.29, 0.717) is 6.04 Å². The molecule has 0 aliphatic heterocycles. The number of para-hydroxylation sites is 1. The molecule has 1 aromatic carbocycles. The number of nitrogens with one attached hydrogen (secondary N) is 1. The van der Waals surface area contributed by atoms with Crippen LogP contribution in [0, 0.1) is 0 Å². The monoisotopic (exact) mass is 259 g/mol. The van der Waals surface area contributed by atoms with Crippen molar-refractivity contribution < 1.29 is 0 Å². The van der Waals surface area contributed by atoms with Crippen molar-refractivity contribution in [3.8, 4) is 0 Å². The zero-order valence-corrected chi connectivity index (χ0v) is 12.3. The molecule has 104 valence electrons. The van der Waals surface area contributed by atoms with Gasteiger partial charge in [0.05, 0.1) is 11.2 Å². The number of hydrogen-bond acceptors (Lipinski definition) is 2. The number of rotatable bonds is 7. The maximum Gasteiger partial charge on any atom is 0.0703 e. The lowest BCUT2D eigenvalue weighted by molar-refractivity contribution is 0.468. The van der Waals surface area contributed by atoms with Crippen molar-refractivity contribution in [2.45, 2.75) is 45.1 Å². The zero-order valence-electron chi connectivity index (χ0n) is 12.3. The normalized spacial score (nSPS) is 13.0. The third-order valence-electron chi connectivity index (χ3n) is 3.85. The van der Waals surface area contributed by atoms with Crippen molar-refractivity contribution >= 4 is 10.9 Å². The lowest BCUT2D eigenvalue weighted by Gasteiger charge is -2.14. The SMILES string of the molecule is CCCC(CCCc1nn(C)c2ccccc12)NC. The van der Waals surface area contributed by atoms with Crippen LogP contribution >= 0.6 is 0 Å². The predicted molar refractivity (Wildman–Crippen MR) is 81.4 cm³/mol. The summed E-state index contributed by atoms with van der Waals surface area (Å²) in [7, 11) is 4.09. The highest BCUT2D eigenvalue weighted by atomic mass is 15.3. The van der Waals surface area contributed by atoms with Crippen LogP contribution in [0.2, 0.25) is 0 Å². The average Bonchev–Trinajstić information content (AvgIpc) is 2.75. The van der Waals surface area contributed by atoms with Crippen molar-refractivity contribution in [2.24, 2.45) is 7.05 Å². The molecule has 3 heteroatoms. The molecule has 0 amide bonds. The Hall–Kier alpha value is -1.35. The van der Waals surface area contributed by atoms with E-state index < -0.39 is 0 Å². The first-order valence-electron chi connectivity index (χ1n) is 7.34. The second kappa shape index (κ2) is 6.71. The highest BCUT2D eigenvalue weighted by Crippen LogP contribution is 2.19. The first-order chi connectivity index (χ1) is 9.26. The average molecular weight is 259 g/mol. The minimum absolute atomic E-state index is 0.653. The molecule has 0 aliphatic carbocycles. The van der Waals surface area contributed by atoms with E-state index in [1.54, 1.807) is 0 Å². The highest BCUT2D eigenvalue weighted by Gasteiger charge is 2.09. The van der Waals surface area contributed by atoms with E-state index in [4.69, 9.17) is 0 Å². The van der Waals surface area contributed by atoms with Crippen molar-refractivity contribution in [1.82, 2.24) is 15.1 Å². The molecule has 0 aliphatic rings. The minimum Gasteiger partial charge on any atom is -0.317 e. The Labute approximate surface area is 116 Å². The number of nitrogens with zero attached hydrogens (tertiary/aromatic N) is 2. The second-order valence-electron chi connectivity index (χ2n) is 5.25. The van der Waals surface area contributed by atoms with Crippen LogP contribution < -0.4 is 5.32 Å². The molecule has 0 saturated carbocycles. The van der Waals surface area contributed by atoms with Gasteiger partial charge in [-0.2, -0.15) is 5.10 Å². The summed E-state index contributed by atoms with van der Waals surface area (Å²) in [6.07, 6.45) is 6.02. The highest BCUT2D eigenvalue weighted by molar-refractivity contribution is 5.81. The molecule has 1 N–H and O–H groups in total. The van der Waals surface area contributed by atoms with E-state index in [0.717, 1.165) is 6.42 Å². The molecule has 0 spiro atoms. The summed E-state index contributed by atoms with van der Waals surface area (Å²) in [5.41, 5.74) is 2.47. The number of aryl methyl sites for hydroxylation is 2. The third kappa shape index (κ3) is 3.35. The molecule has 3 nitrogen and oxygen atoms in total. The number of aromatic nitrogens is 2.